The summed E-state index contributed by atoms with van der Waals surface area (Å²) in [5.41, 5.74) is 4.38. The first kappa shape index (κ1) is 18.6. The van der Waals surface area contributed by atoms with E-state index in [1.165, 1.54) is 11.3 Å². The first-order chi connectivity index (χ1) is 14.6. The van der Waals surface area contributed by atoms with Crippen LogP contribution in [-0.2, 0) is 11.2 Å². The number of benzene rings is 2. The van der Waals surface area contributed by atoms with E-state index in [-0.39, 0.29) is 18.6 Å². The lowest BCUT2D eigenvalue weighted by atomic mass is 10.1. The molecule has 7 nitrogen and oxygen atoms in total. The summed E-state index contributed by atoms with van der Waals surface area (Å²) in [5.74, 6) is 1.09. The fraction of sp³-hybridized carbons (Fsp3) is 0.227. The number of carbonyl (C=O) groups is 2. The molecule has 0 unspecified atom stereocenters. The molecule has 8 heteroatoms. The van der Waals surface area contributed by atoms with Crippen LogP contribution in [0.1, 0.15) is 29.3 Å². The van der Waals surface area contributed by atoms with Gasteiger partial charge in [-0.05, 0) is 42.3 Å². The van der Waals surface area contributed by atoms with Crippen molar-refractivity contribution < 1.29 is 19.1 Å². The van der Waals surface area contributed by atoms with E-state index in [0.29, 0.717) is 28.6 Å². The molecule has 0 aliphatic carbocycles. The van der Waals surface area contributed by atoms with Gasteiger partial charge in [0, 0.05) is 35.2 Å². The lowest BCUT2D eigenvalue weighted by Gasteiger charge is -2.16. The second-order valence-corrected chi connectivity index (χ2v) is 7.91. The van der Waals surface area contributed by atoms with Crippen LogP contribution in [-0.4, -0.2) is 30.1 Å². The number of hydrogen-bond acceptors (Lipinski definition) is 6. The molecule has 0 atom stereocenters. The van der Waals surface area contributed by atoms with Crippen LogP contribution in [0.3, 0.4) is 0 Å². The van der Waals surface area contributed by atoms with Crippen molar-refractivity contribution in [3.05, 3.63) is 52.9 Å². The molecule has 2 aliphatic heterocycles. The predicted octanol–water partition coefficient (Wildman–Crippen LogP) is 4.09. The number of amides is 2. The maximum absolute atomic E-state index is 12.6. The van der Waals surface area contributed by atoms with E-state index in [9.17, 15) is 9.59 Å². The number of rotatable bonds is 4. The highest BCUT2D eigenvalue weighted by molar-refractivity contribution is 7.14. The first-order valence-corrected chi connectivity index (χ1v) is 10.6. The second-order valence-electron chi connectivity index (χ2n) is 7.05. The predicted molar refractivity (Wildman–Crippen MR) is 114 cm³/mol. The van der Waals surface area contributed by atoms with Crippen LogP contribution in [0.5, 0.6) is 11.5 Å². The molecule has 1 aromatic heterocycles. The second kappa shape index (κ2) is 7.46. The molecule has 0 saturated carbocycles. The molecule has 5 rings (SSSR count). The number of hydrogen-bond donors (Lipinski definition) is 1. The van der Waals surface area contributed by atoms with Crippen LogP contribution in [0.15, 0.2) is 41.8 Å². The van der Waals surface area contributed by atoms with Crippen molar-refractivity contribution in [2.45, 2.75) is 19.8 Å². The summed E-state index contributed by atoms with van der Waals surface area (Å²) in [6.45, 7) is 2.77. The van der Waals surface area contributed by atoms with Gasteiger partial charge in [-0.3, -0.25) is 14.9 Å². The van der Waals surface area contributed by atoms with E-state index in [1.807, 2.05) is 29.3 Å². The van der Waals surface area contributed by atoms with E-state index in [2.05, 4.69) is 16.4 Å². The molecule has 0 saturated heterocycles. The van der Waals surface area contributed by atoms with Crippen molar-refractivity contribution in [2.75, 3.05) is 23.6 Å². The zero-order valence-electron chi connectivity index (χ0n) is 16.3. The molecule has 2 amide bonds. The van der Waals surface area contributed by atoms with Gasteiger partial charge in [0.25, 0.3) is 5.91 Å². The summed E-state index contributed by atoms with van der Waals surface area (Å²) in [7, 11) is 0. The first-order valence-electron chi connectivity index (χ1n) is 9.72. The van der Waals surface area contributed by atoms with Gasteiger partial charge in [0.15, 0.2) is 16.6 Å². The molecule has 30 heavy (non-hydrogen) atoms. The van der Waals surface area contributed by atoms with Gasteiger partial charge in [-0.15, -0.1) is 11.3 Å². The largest absolute Gasteiger partial charge is 0.454 e. The minimum atomic E-state index is -0.253. The highest BCUT2D eigenvalue weighted by atomic mass is 32.1. The van der Waals surface area contributed by atoms with Crippen molar-refractivity contribution in [1.29, 1.82) is 0 Å². The Kier molecular flexibility index (Phi) is 4.63. The molecule has 2 aliphatic rings. The lowest BCUT2D eigenvalue weighted by molar-refractivity contribution is -0.118. The van der Waals surface area contributed by atoms with E-state index in [4.69, 9.17) is 9.47 Å². The van der Waals surface area contributed by atoms with Crippen molar-refractivity contribution >= 4 is 34.0 Å². The van der Waals surface area contributed by atoms with Crippen LogP contribution < -0.4 is 19.7 Å². The Morgan fingerprint density at radius 1 is 1.17 bits per heavy atom. The third-order valence-corrected chi connectivity index (χ3v) is 5.99. The van der Waals surface area contributed by atoms with Crippen LogP contribution in [0.2, 0.25) is 0 Å². The van der Waals surface area contributed by atoms with Crippen molar-refractivity contribution in [2.24, 2.45) is 0 Å². The minimum absolute atomic E-state index is 0.142. The van der Waals surface area contributed by atoms with Crippen LogP contribution in [0.25, 0.3) is 11.3 Å². The zero-order chi connectivity index (χ0) is 20.7. The number of fused-ring (bicyclic) bond motifs is 2. The molecule has 1 N–H and O–H groups in total. The average molecular weight is 421 g/mol. The number of ether oxygens (including phenoxy) is 2. The molecular formula is C22H19N3O4S. The Bertz CT molecular complexity index is 1160. The Morgan fingerprint density at radius 2 is 2.03 bits per heavy atom. The molecule has 0 fully saturated rings. The molecule has 0 radical (unpaired) electrons. The van der Waals surface area contributed by atoms with Gasteiger partial charge in [-0.1, -0.05) is 13.0 Å². The molecule has 0 spiro atoms. The normalized spacial score (nSPS) is 14.0. The third-order valence-electron chi connectivity index (χ3n) is 5.23. The standard InChI is InChI=1S/C22H19N3O4S/c1-2-20(26)25-8-7-14-9-13(3-5-17(14)25)16-11-30-22(23-16)24-21(27)15-4-6-18-19(10-15)29-12-28-18/h3-6,9-11H,2,7-8,12H2,1H3,(H,23,24,27). The maximum atomic E-state index is 12.6. The van der Waals surface area contributed by atoms with E-state index in [0.717, 1.165) is 35.5 Å². The van der Waals surface area contributed by atoms with Crippen LogP contribution >= 0.6 is 11.3 Å². The zero-order valence-corrected chi connectivity index (χ0v) is 17.1. The van der Waals surface area contributed by atoms with Crippen molar-refractivity contribution in [3.63, 3.8) is 0 Å². The maximum Gasteiger partial charge on any atom is 0.257 e. The van der Waals surface area contributed by atoms with Gasteiger partial charge in [-0.25, -0.2) is 4.98 Å². The number of nitrogens with zero attached hydrogens (tertiary/aromatic N) is 2. The van der Waals surface area contributed by atoms with Gasteiger partial charge in [-0.2, -0.15) is 0 Å². The summed E-state index contributed by atoms with van der Waals surface area (Å²) in [4.78, 5) is 31.0. The molecule has 152 valence electrons. The highest BCUT2D eigenvalue weighted by Gasteiger charge is 2.24. The fourth-order valence-corrected chi connectivity index (χ4v) is 4.40. The number of aromatic nitrogens is 1. The van der Waals surface area contributed by atoms with Gasteiger partial charge in [0.1, 0.15) is 0 Å². The average Bonchev–Trinajstić information content (AvgIpc) is 3.51. The Morgan fingerprint density at radius 3 is 2.90 bits per heavy atom. The SMILES string of the molecule is CCC(=O)N1CCc2cc(-c3csc(NC(=O)c4ccc5c(c4)OCO5)n3)ccc21. The van der Waals surface area contributed by atoms with Gasteiger partial charge in [0.2, 0.25) is 12.7 Å². The monoisotopic (exact) mass is 421 g/mol. The van der Waals surface area contributed by atoms with Crippen molar-refractivity contribution in [1.82, 2.24) is 4.98 Å². The summed E-state index contributed by atoms with van der Waals surface area (Å²) in [5, 5.41) is 5.28. The number of carbonyl (C=O) groups excluding carboxylic acids is 2. The topological polar surface area (TPSA) is 80.8 Å². The Hall–Kier alpha value is -3.39. The summed E-state index contributed by atoms with van der Waals surface area (Å²) in [6, 6.07) is 11.1. The molecular weight excluding hydrogens is 402 g/mol. The fourth-order valence-electron chi connectivity index (χ4n) is 3.68. The number of nitrogens with one attached hydrogen (secondary N) is 1. The number of anilines is 2. The lowest BCUT2D eigenvalue weighted by Crippen LogP contribution is -2.27. The highest BCUT2D eigenvalue weighted by Crippen LogP contribution is 2.35. The Labute approximate surface area is 177 Å². The van der Waals surface area contributed by atoms with Gasteiger partial charge < -0.3 is 14.4 Å². The molecule has 3 heterocycles. The third kappa shape index (κ3) is 3.29. The van der Waals surface area contributed by atoms with Crippen LogP contribution in [0, 0.1) is 0 Å². The van der Waals surface area contributed by atoms with Crippen molar-refractivity contribution in [3.8, 4) is 22.8 Å². The van der Waals surface area contributed by atoms with E-state index < -0.39 is 0 Å². The molecule has 0 bridgehead atoms. The molecule has 3 aromatic rings. The van der Waals surface area contributed by atoms with Crippen LogP contribution in [0.4, 0.5) is 10.8 Å². The minimum Gasteiger partial charge on any atom is -0.454 e. The quantitative estimate of drug-likeness (QED) is 0.686. The smallest absolute Gasteiger partial charge is 0.257 e. The van der Waals surface area contributed by atoms with E-state index >= 15 is 0 Å². The summed E-state index contributed by atoms with van der Waals surface area (Å²) >= 11 is 1.37. The Balaban J connectivity index is 1.32. The van der Waals surface area contributed by atoms with Gasteiger partial charge in [0.05, 0.1) is 5.69 Å². The van der Waals surface area contributed by atoms with Gasteiger partial charge >= 0.3 is 0 Å². The molecule has 2 aromatic carbocycles. The van der Waals surface area contributed by atoms with E-state index in [1.54, 1.807) is 18.2 Å². The summed E-state index contributed by atoms with van der Waals surface area (Å²) in [6.07, 6.45) is 1.34. The number of thiazole rings is 1. The summed E-state index contributed by atoms with van der Waals surface area (Å²) < 4.78 is 10.6.